The number of hydrogen-bond acceptors (Lipinski definition) is 3. The molecule has 2 nitrogen and oxygen atoms in total. The molecule has 0 radical (unpaired) electrons. The van der Waals surface area contributed by atoms with E-state index in [0.717, 1.165) is 6.54 Å². The van der Waals surface area contributed by atoms with Crippen molar-refractivity contribution in [1.29, 1.82) is 0 Å². The molecule has 1 aliphatic rings. The minimum atomic E-state index is 0.618. The van der Waals surface area contributed by atoms with E-state index < -0.39 is 0 Å². The molecule has 3 rings (SSSR count). The summed E-state index contributed by atoms with van der Waals surface area (Å²) in [5.74, 6) is 2.45. The van der Waals surface area contributed by atoms with Crippen LogP contribution >= 0.6 is 11.8 Å². The van der Waals surface area contributed by atoms with E-state index in [1.807, 2.05) is 12.4 Å². The molecule has 17 heavy (non-hydrogen) atoms. The topological polar surface area (TPSA) is 16.1 Å². The minimum absolute atomic E-state index is 0.618. The number of pyridine rings is 1. The molecule has 2 heterocycles. The molecule has 1 fully saturated rings. The van der Waals surface area contributed by atoms with Gasteiger partial charge in [-0.05, 0) is 19.1 Å². The van der Waals surface area contributed by atoms with Gasteiger partial charge in [-0.25, -0.2) is 0 Å². The molecule has 0 bridgehead atoms. The van der Waals surface area contributed by atoms with Gasteiger partial charge < -0.3 is 4.90 Å². The lowest BCUT2D eigenvalue weighted by atomic mass is 10.1. The molecule has 1 atom stereocenters. The maximum atomic E-state index is 4.20. The van der Waals surface area contributed by atoms with Crippen molar-refractivity contribution in [2.24, 2.45) is 0 Å². The third-order valence-corrected chi connectivity index (χ3v) is 4.52. The van der Waals surface area contributed by atoms with Crippen molar-refractivity contribution in [3.8, 4) is 0 Å². The Morgan fingerprint density at radius 1 is 1.35 bits per heavy atom. The van der Waals surface area contributed by atoms with Gasteiger partial charge in [0.15, 0.2) is 0 Å². The lowest BCUT2D eigenvalue weighted by Crippen LogP contribution is -2.40. The SMILES string of the molecule is CC1CSCCN1c1cccc2cnccc12. The summed E-state index contributed by atoms with van der Waals surface area (Å²) < 4.78 is 0. The smallest absolute Gasteiger partial charge is 0.0449 e. The lowest BCUT2D eigenvalue weighted by molar-refractivity contribution is 0.702. The van der Waals surface area contributed by atoms with Crippen molar-refractivity contribution in [1.82, 2.24) is 4.98 Å². The van der Waals surface area contributed by atoms with E-state index in [4.69, 9.17) is 0 Å². The largest absolute Gasteiger partial charge is 0.367 e. The van der Waals surface area contributed by atoms with E-state index in [9.17, 15) is 0 Å². The van der Waals surface area contributed by atoms with Gasteiger partial charge in [0, 0.05) is 52.9 Å². The zero-order chi connectivity index (χ0) is 11.7. The summed E-state index contributed by atoms with van der Waals surface area (Å²) in [6.07, 6.45) is 3.83. The highest BCUT2D eigenvalue weighted by Crippen LogP contribution is 2.30. The van der Waals surface area contributed by atoms with E-state index in [0.29, 0.717) is 6.04 Å². The van der Waals surface area contributed by atoms with Gasteiger partial charge in [-0.15, -0.1) is 0 Å². The second-order valence-corrected chi connectivity index (χ2v) is 5.64. The van der Waals surface area contributed by atoms with Crippen molar-refractivity contribution in [2.75, 3.05) is 23.0 Å². The van der Waals surface area contributed by atoms with Gasteiger partial charge in [0.2, 0.25) is 0 Å². The Labute approximate surface area is 106 Å². The van der Waals surface area contributed by atoms with Crippen LogP contribution in [-0.4, -0.2) is 29.1 Å². The fourth-order valence-electron chi connectivity index (χ4n) is 2.44. The predicted molar refractivity (Wildman–Crippen MR) is 75.9 cm³/mol. The third-order valence-electron chi connectivity index (χ3n) is 3.33. The van der Waals surface area contributed by atoms with Crippen molar-refractivity contribution < 1.29 is 0 Å². The van der Waals surface area contributed by atoms with Crippen LogP contribution in [0.3, 0.4) is 0 Å². The summed E-state index contributed by atoms with van der Waals surface area (Å²) in [5.41, 5.74) is 1.36. The second-order valence-electron chi connectivity index (χ2n) is 4.49. The quantitative estimate of drug-likeness (QED) is 0.766. The first-order chi connectivity index (χ1) is 8.36. The normalized spacial score (nSPS) is 20.8. The monoisotopic (exact) mass is 244 g/mol. The average molecular weight is 244 g/mol. The predicted octanol–water partition coefficient (Wildman–Crippen LogP) is 3.18. The molecule has 0 aliphatic carbocycles. The van der Waals surface area contributed by atoms with Gasteiger partial charge in [-0.3, -0.25) is 4.98 Å². The van der Waals surface area contributed by atoms with E-state index >= 15 is 0 Å². The standard InChI is InChI=1S/C14H16N2S/c1-11-10-17-8-7-16(11)14-4-2-3-12-9-15-6-5-13(12)14/h2-6,9,11H,7-8,10H2,1H3. The Balaban J connectivity index is 2.10. The number of aromatic nitrogens is 1. The molecule has 1 aromatic heterocycles. The average Bonchev–Trinajstić information content (AvgIpc) is 2.39. The molecule has 1 aromatic carbocycles. The molecule has 3 heteroatoms. The molecule has 1 aliphatic heterocycles. The molecule has 0 spiro atoms. The van der Waals surface area contributed by atoms with Gasteiger partial charge in [-0.2, -0.15) is 11.8 Å². The van der Waals surface area contributed by atoms with Crippen LogP contribution in [0.4, 0.5) is 5.69 Å². The number of anilines is 1. The zero-order valence-corrected chi connectivity index (χ0v) is 10.8. The highest BCUT2D eigenvalue weighted by atomic mass is 32.2. The first-order valence-corrected chi connectivity index (χ1v) is 7.19. The van der Waals surface area contributed by atoms with Crippen molar-refractivity contribution in [2.45, 2.75) is 13.0 Å². The van der Waals surface area contributed by atoms with Gasteiger partial charge >= 0.3 is 0 Å². The molecule has 88 valence electrons. The highest BCUT2D eigenvalue weighted by molar-refractivity contribution is 7.99. The van der Waals surface area contributed by atoms with Crippen LogP contribution in [-0.2, 0) is 0 Å². The van der Waals surface area contributed by atoms with Crippen LogP contribution in [0.25, 0.3) is 10.8 Å². The van der Waals surface area contributed by atoms with E-state index in [-0.39, 0.29) is 0 Å². The van der Waals surface area contributed by atoms with Crippen molar-refractivity contribution >= 4 is 28.2 Å². The Morgan fingerprint density at radius 3 is 3.18 bits per heavy atom. The van der Waals surface area contributed by atoms with Crippen LogP contribution < -0.4 is 4.90 Å². The summed E-state index contributed by atoms with van der Waals surface area (Å²) in [4.78, 5) is 6.72. The number of fused-ring (bicyclic) bond motifs is 1. The Kier molecular flexibility index (Phi) is 2.93. The highest BCUT2D eigenvalue weighted by Gasteiger charge is 2.20. The molecule has 0 N–H and O–H groups in total. The van der Waals surface area contributed by atoms with Crippen molar-refractivity contribution in [3.63, 3.8) is 0 Å². The van der Waals surface area contributed by atoms with E-state index in [1.165, 1.54) is 28.0 Å². The Morgan fingerprint density at radius 2 is 2.29 bits per heavy atom. The van der Waals surface area contributed by atoms with Crippen molar-refractivity contribution in [3.05, 3.63) is 36.7 Å². The van der Waals surface area contributed by atoms with Crippen LogP contribution in [0.5, 0.6) is 0 Å². The summed E-state index contributed by atoms with van der Waals surface area (Å²) in [6, 6.07) is 9.24. The third kappa shape index (κ3) is 2.00. The molecular weight excluding hydrogens is 228 g/mol. The summed E-state index contributed by atoms with van der Waals surface area (Å²) in [7, 11) is 0. The lowest BCUT2D eigenvalue weighted by Gasteiger charge is -2.35. The van der Waals surface area contributed by atoms with Crippen LogP contribution in [0, 0.1) is 0 Å². The van der Waals surface area contributed by atoms with Crippen LogP contribution in [0.1, 0.15) is 6.92 Å². The molecule has 0 amide bonds. The zero-order valence-electron chi connectivity index (χ0n) is 9.97. The number of rotatable bonds is 1. The molecule has 1 unspecified atom stereocenters. The molecular formula is C14H16N2S. The number of hydrogen-bond donors (Lipinski definition) is 0. The minimum Gasteiger partial charge on any atom is -0.367 e. The maximum Gasteiger partial charge on any atom is 0.0449 e. The summed E-state index contributed by atoms with van der Waals surface area (Å²) >= 11 is 2.05. The maximum absolute atomic E-state index is 4.20. The van der Waals surface area contributed by atoms with Gasteiger partial charge in [0.05, 0.1) is 0 Å². The molecule has 2 aromatic rings. The van der Waals surface area contributed by atoms with Gasteiger partial charge in [0.1, 0.15) is 0 Å². The van der Waals surface area contributed by atoms with Crippen LogP contribution in [0.15, 0.2) is 36.7 Å². The Bertz CT molecular complexity index is 521. The number of thioether (sulfide) groups is 1. The number of nitrogens with zero attached hydrogens (tertiary/aromatic N) is 2. The summed E-state index contributed by atoms with van der Waals surface area (Å²) in [6.45, 7) is 3.46. The first-order valence-electron chi connectivity index (χ1n) is 6.03. The fourth-order valence-corrected chi connectivity index (χ4v) is 3.45. The van der Waals surface area contributed by atoms with Gasteiger partial charge in [-0.1, -0.05) is 12.1 Å². The molecule has 0 saturated carbocycles. The summed E-state index contributed by atoms with van der Waals surface area (Å²) in [5, 5.41) is 2.55. The molecule has 1 saturated heterocycles. The Hall–Kier alpha value is -1.22. The van der Waals surface area contributed by atoms with E-state index in [2.05, 4.69) is 52.8 Å². The fraction of sp³-hybridized carbons (Fsp3) is 0.357. The van der Waals surface area contributed by atoms with E-state index in [1.54, 1.807) is 0 Å². The van der Waals surface area contributed by atoms with Crippen LogP contribution in [0.2, 0.25) is 0 Å². The first kappa shape index (κ1) is 10.9. The van der Waals surface area contributed by atoms with Gasteiger partial charge in [0.25, 0.3) is 0 Å². The second kappa shape index (κ2) is 4.57. The number of benzene rings is 1.